The van der Waals surface area contributed by atoms with Crippen LogP contribution in [0, 0.1) is 6.92 Å². The number of nitrogens with two attached hydrogens (primary N) is 1. The van der Waals surface area contributed by atoms with Gasteiger partial charge in [0.2, 0.25) is 5.95 Å². The highest BCUT2D eigenvalue weighted by atomic mass is 19.4. The van der Waals surface area contributed by atoms with Crippen molar-refractivity contribution < 1.29 is 13.2 Å². The van der Waals surface area contributed by atoms with Gasteiger partial charge < -0.3 is 5.73 Å². The second-order valence-corrected chi connectivity index (χ2v) is 4.72. The van der Waals surface area contributed by atoms with Crippen LogP contribution >= 0.6 is 0 Å². The van der Waals surface area contributed by atoms with Gasteiger partial charge >= 0.3 is 6.18 Å². The minimum atomic E-state index is -4.33. The zero-order chi connectivity index (χ0) is 13.3. The molecule has 2 aromatic heterocycles. The highest BCUT2D eigenvalue weighted by Crippen LogP contribution is 2.57. The Hall–Kier alpha value is -1.73. The van der Waals surface area contributed by atoms with Gasteiger partial charge in [-0.15, -0.1) is 0 Å². The molecule has 18 heavy (non-hydrogen) atoms. The molecule has 2 heterocycles. The molecule has 1 saturated carbocycles. The molecule has 0 amide bonds. The zero-order valence-corrected chi connectivity index (χ0v) is 9.91. The molecule has 0 atom stereocenters. The lowest BCUT2D eigenvalue weighted by Gasteiger charge is -2.22. The fourth-order valence-corrected chi connectivity index (χ4v) is 2.46. The van der Waals surface area contributed by atoms with Gasteiger partial charge in [0.05, 0.1) is 5.69 Å². The Morgan fingerprint density at radius 3 is 2.44 bits per heavy atom. The molecule has 0 aliphatic heterocycles. The number of alkyl halides is 3. The van der Waals surface area contributed by atoms with Gasteiger partial charge in [0, 0.05) is 7.05 Å². The number of anilines is 1. The SMILES string of the molecule is Cc1nn(C)c2c1nc(N)n2C1(C(F)(F)F)CC1. The summed E-state index contributed by atoms with van der Waals surface area (Å²) in [5, 5.41) is 4.09. The average Bonchev–Trinajstić information content (AvgIpc) is 2.90. The summed E-state index contributed by atoms with van der Waals surface area (Å²) in [6, 6.07) is 0. The summed E-state index contributed by atoms with van der Waals surface area (Å²) in [6.07, 6.45) is -4.25. The molecule has 0 unspecified atom stereocenters. The Morgan fingerprint density at radius 1 is 1.33 bits per heavy atom. The fraction of sp³-hybridized carbons (Fsp3) is 0.600. The van der Waals surface area contributed by atoms with E-state index >= 15 is 0 Å². The van der Waals surface area contributed by atoms with Crippen LogP contribution in [0.5, 0.6) is 0 Å². The van der Waals surface area contributed by atoms with Crippen LogP contribution < -0.4 is 5.73 Å². The average molecular weight is 259 g/mol. The van der Waals surface area contributed by atoms with Crippen LogP contribution in [0.15, 0.2) is 0 Å². The van der Waals surface area contributed by atoms with Gasteiger partial charge in [-0.05, 0) is 19.8 Å². The first kappa shape index (κ1) is 11.4. The number of halogens is 3. The van der Waals surface area contributed by atoms with Crippen LogP contribution in [0.1, 0.15) is 18.5 Å². The molecule has 2 aromatic rings. The van der Waals surface area contributed by atoms with E-state index < -0.39 is 11.7 Å². The van der Waals surface area contributed by atoms with Gasteiger partial charge in [-0.1, -0.05) is 0 Å². The molecule has 0 aromatic carbocycles. The maximum atomic E-state index is 13.2. The van der Waals surface area contributed by atoms with E-state index in [2.05, 4.69) is 10.1 Å². The lowest BCUT2D eigenvalue weighted by Crippen LogP contribution is -2.36. The van der Waals surface area contributed by atoms with E-state index in [-0.39, 0.29) is 18.8 Å². The molecule has 2 N–H and O–H groups in total. The standard InChI is InChI=1S/C10H12F3N5/c1-5-6-7(17(2)16-5)18(8(14)15-6)9(3-4-9)10(11,12)13/h3-4H2,1-2H3,(H2,14,15). The summed E-state index contributed by atoms with van der Waals surface area (Å²) < 4.78 is 42.0. The number of hydrogen-bond donors (Lipinski definition) is 1. The Bertz CT molecular complexity index is 632. The molecule has 1 aliphatic carbocycles. The molecule has 3 rings (SSSR count). The molecule has 0 spiro atoms. The number of fused-ring (bicyclic) bond motifs is 1. The molecule has 98 valence electrons. The monoisotopic (exact) mass is 259 g/mol. The highest BCUT2D eigenvalue weighted by Gasteiger charge is 2.66. The number of aromatic nitrogens is 4. The van der Waals surface area contributed by atoms with Crippen LogP contribution in [0.4, 0.5) is 19.1 Å². The predicted molar refractivity (Wildman–Crippen MR) is 58.9 cm³/mol. The molecule has 8 heteroatoms. The van der Waals surface area contributed by atoms with E-state index in [1.807, 2.05) is 0 Å². The third kappa shape index (κ3) is 1.17. The van der Waals surface area contributed by atoms with E-state index in [1.165, 1.54) is 4.68 Å². The maximum absolute atomic E-state index is 13.2. The summed E-state index contributed by atoms with van der Waals surface area (Å²) in [4.78, 5) is 4.01. The Labute approximate surface area is 100 Å². The number of nitrogens with zero attached hydrogens (tertiary/aromatic N) is 4. The van der Waals surface area contributed by atoms with E-state index in [4.69, 9.17) is 5.73 Å². The molecule has 1 fully saturated rings. The normalized spacial score (nSPS) is 18.5. The van der Waals surface area contributed by atoms with E-state index in [1.54, 1.807) is 14.0 Å². The van der Waals surface area contributed by atoms with E-state index in [0.717, 1.165) is 4.57 Å². The zero-order valence-electron chi connectivity index (χ0n) is 9.91. The topological polar surface area (TPSA) is 61.7 Å². The van der Waals surface area contributed by atoms with Crippen LogP contribution in [-0.2, 0) is 12.6 Å². The minimum absolute atomic E-state index is 0.0381. The molecule has 1 aliphatic rings. The van der Waals surface area contributed by atoms with E-state index in [0.29, 0.717) is 16.9 Å². The third-order valence-corrected chi connectivity index (χ3v) is 3.51. The van der Waals surface area contributed by atoms with Crippen LogP contribution in [-0.4, -0.2) is 25.5 Å². The molecule has 0 bridgehead atoms. The van der Waals surface area contributed by atoms with Crippen molar-refractivity contribution in [2.24, 2.45) is 7.05 Å². The molecular formula is C10H12F3N5. The Balaban J connectivity index is 2.33. The quantitative estimate of drug-likeness (QED) is 0.848. The van der Waals surface area contributed by atoms with Gasteiger partial charge in [-0.2, -0.15) is 18.3 Å². The van der Waals surface area contributed by atoms with Gasteiger partial charge in [-0.3, -0.25) is 9.25 Å². The van der Waals surface area contributed by atoms with Crippen molar-refractivity contribution in [3.8, 4) is 0 Å². The van der Waals surface area contributed by atoms with Crippen molar-refractivity contribution in [1.29, 1.82) is 0 Å². The van der Waals surface area contributed by atoms with Gasteiger partial charge in [0.1, 0.15) is 11.1 Å². The van der Waals surface area contributed by atoms with Crippen molar-refractivity contribution in [1.82, 2.24) is 19.3 Å². The predicted octanol–water partition coefficient (Wildman–Crippen LogP) is 1.71. The first-order valence-corrected chi connectivity index (χ1v) is 5.53. The van der Waals surface area contributed by atoms with Crippen molar-refractivity contribution >= 4 is 17.1 Å². The summed E-state index contributed by atoms with van der Waals surface area (Å²) in [6.45, 7) is 1.70. The first-order valence-electron chi connectivity index (χ1n) is 5.53. The maximum Gasteiger partial charge on any atom is 0.412 e. The van der Waals surface area contributed by atoms with Gasteiger partial charge in [-0.25, -0.2) is 4.98 Å². The largest absolute Gasteiger partial charge is 0.412 e. The number of nitrogen functional groups attached to an aromatic ring is 1. The number of rotatable bonds is 1. The van der Waals surface area contributed by atoms with Crippen LogP contribution in [0.3, 0.4) is 0 Å². The number of imidazole rings is 1. The first-order chi connectivity index (χ1) is 8.28. The number of aryl methyl sites for hydroxylation is 2. The van der Waals surface area contributed by atoms with Crippen LogP contribution in [0.25, 0.3) is 11.2 Å². The smallest absolute Gasteiger partial charge is 0.369 e. The van der Waals surface area contributed by atoms with Crippen molar-refractivity contribution in [3.63, 3.8) is 0 Å². The lowest BCUT2D eigenvalue weighted by molar-refractivity contribution is -0.178. The third-order valence-electron chi connectivity index (χ3n) is 3.51. The van der Waals surface area contributed by atoms with E-state index in [9.17, 15) is 13.2 Å². The minimum Gasteiger partial charge on any atom is -0.369 e. The summed E-state index contributed by atoms with van der Waals surface area (Å²) >= 11 is 0. The highest BCUT2D eigenvalue weighted by molar-refractivity contribution is 5.78. The summed E-state index contributed by atoms with van der Waals surface area (Å²) in [5.74, 6) is -0.101. The van der Waals surface area contributed by atoms with Crippen molar-refractivity contribution in [2.75, 3.05) is 5.73 Å². The summed E-state index contributed by atoms with van der Waals surface area (Å²) in [7, 11) is 1.60. The Morgan fingerprint density at radius 2 is 1.94 bits per heavy atom. The molecule has 0 radical (unpaired) electrons. The Kier molecular flexibility index (Phi) is 1.89. The van der Waals surface area contributed by atoms with Crippen molar-refractivity contribution in [2.45, 2.75) is 31.5 Å². The fourth-order valence-electron chi connectivity index (χ4n) is 2.46. The van der Waals surface area contributed by atoms with Crippen molar-refractivity contribution in [3.05, 3.63) is 5.69 Å². The van der Waals surface area contributed by atoms with Gasteiger partial charge in [0.25, 0.3) is 0 Å². The number of hydrogen-bond acceptors (Lipinski definition) is 3. The second kappa shape index (κ2) is 2.99. The summed E-state index contributed by atoms with van der Waals surface area (Å²) in [5.41, 5.74) is 5.12. The molecule has 0 saturated heterocycles. The van der Waals surface area contributed by atoms with Gasteiger partial charge in [0.15, 0.2) is 5.65 Å². The lowest BCUT2D eigenvalue weighted by atomic mass is 10.2. The molecule has 5 nitrogen and oxygen atoms in total. The molecular weight excluding hydrogens is 247 g/mol. The second-order valence-electron chi connectivity index (χ2n) is 4.72. The van der Waals surface area contributed by atoms with Crippen LogP contribution in [0.2, 0.25) is 0 Å².